The smallest absolute Gasteiger partial charge is 0.228 e. The number of aliphatic hydroxyl groups excluding tert-OH is 1. The predicted octanol–water partition coefficient (Wildman–Crippen LogP) is 1.82. The van der Waals surface area contributed by atoms with E-state index in [4.69, 9.17) is 0 Å². The van der Waals surface area contributed by atoms with Crippen LogP contribution < -0.4 is 0 Å². The second-order valence-electron chi connectivity index (χ2n) is 6.53. The molecule has 26 heavy (non-hydrogen) atoms. The first-order valence-corrected chi connectivity index (χ1v) is 9.50. The number of amides is 2. The van der Waals surface area contributed by atoms with Crippen molar-refractivity contribution in [3.63, 3.8) is 0 Å². The van der Waals surface area contributed by atoms with Crippen LogP contribution in [0.25, 0.3) is 0 Å². The van der Waals surface area contributed by atoms with E-state index in [9.17, 15) is 14.7 Å². The summed E-state index contributed by atoms with van der Waals surface area (Å²) in [6, 6.07) is 7.79. The van der Waals surface area contributed by atoms with E-state index in [0.29, 0.717) is 19.6 Å². The van der Waals surface area contributed by atoms with Gasteiger partial charge in [-0.15, -0.1) is 11.3 Å². The van der Waals surface area contributed by atoms with Gasteiger partial charge in [0, 0.05) is 48.2 Å². The third-order valence-corrected chi connectivity index (χ3v) is 5.47. The molecule has 1 aliphatic rings. The minimum Gasteiger partial charge on any atom is -0.395 e. The molecule has 2 aromatic heterocycles. The highest BCUT2D eigenvalue weighted by Crippen LogP contribution is 2.24. The zero-order valence-electron chi connectivity index (χ0n) is 14.8. The first kappa shape index (κ1) is 18.5. The quantitative estimate of drug-likeness (QED) is 0.803. The van der Waals surface area contributed by atoms with Crippen molar-refractivity contribution in [1.29, 1.82) is 0 Å². The maximum Gasteiger partial charge on any atom is 0.228 e. The van der Waals surface area contributed by atoms with Crippen LogP contribution in [0.2, 0.25) is 0 Å². The largest absolute Gasteiger partial charge is 0.395 e. The van der Waals surface area contributed by atoms with Gasteiger partial charge in [-0.2, -0.15) is 0 Å². The number of carbonyl (C=O) groups excluding carboxylic acids is 2. The molecule has 1 fully saturated rings. The Morgan fingerprint density at radius 1 is 1.42 bits per heavy atom. The Hall–Kier alpha value is -2.25. The SMILES string of the molecule is Cc1ccc(CN(CCO)C(=O)[C@H]2CC(=O)N(Cc3cccnc3)C2)s1. The van der Waals surface area contributed by atoms with Crippen molar-refractivity contribution in [2.45, 2.75) is 26.4 Å². The van der Waals surface area contributed by atoms with E-state index in [1.165, 1.54) is 4.88 Å². The molecule has 1 N–H and O–H groups in total. The van der Waals surface area contributed by atoms with Gasteiger partial charge in [0.2, 0.25) is 11.8 Å². The Bertz CT molecular complexity index is 762. The summed E-state index contributed by atoms with van der Waals surface area (Å²) in [5.41, 5.74) is 0.954. The lowest BCUT2D eigenvalue weighted by Gasteiger charge is -2.24. The summed E-state index contributed by atoms with van der Waals surface area (Å²) in [6.07, 6.45) is 3.66. The maximum atomic E-state index is 12.9. The fourth-order valence-electron chi connectivity index (χ4n) is 3.21. The van der Waals surface area contributed by atoms with Gasteiger partial charge in [-0.25, -0.2) is 0 Å². The van der Waals surface area contributed by atoms with Gasteiger partial charge in [0.1, 0.15) is 0 Å². The van der Waals surface area contributed by atoms with Crippen LogP contribution in [0.1, 0.15) is 21.7 Å². The zero-order valence-corrected chi connectivity index (χ0v) is 15.6. The summed E-state index contributed by atoms with van der Waals surface area (Å²) in [7, 11) is 0. The molecule has 0 aromatic carbocycles. The molecule has 7 heteroatoms. The number of hydrogen-bond donors (Lipinski definition) is 1. The van der Waals surface area contributed by atoms with E-state index >= 15 is 0 Å². The van der Waals surface area contributed by atoms with Crippen molar-refractivity contribution in [2.75, 3.05) is 19.7 Å². The van der Waals surface area contributed by atoms with Crippen molar-refractivity contribution in [2.24, 2.45) is 5.92 Å². The van der Waals surface area contributed by atoms with Crippen LogP contribution in [-0.4, -0.2) is 51.4 Å². The Morgan fingerprint density at radius 2 is 2.27 bits per heavy atom. The minimum atomic E-state index is -0.355. The first-order valence-electron chi connectivity index (χ1n) is 8.68. The second kappa shape index (κ2) is 8.42. The van der Waals surface area contributed by atoms with Gasteiger partial charge in [0.25, 0.3) is 0 Å². The highest BCUT2D eigenvalue weighted by atomic mass is 32.1. The lowest BCUT2D eigenvalue weighted by molar-refractivity contribution is -0.136. The van der Waals surface area contributed by atoms with Crippen LogP contribution in [0, 0.1) is 12.8 Å². The molecule has 2 amide bonds. The molecule has 0 bridgehead atoms. The predicted molar refractivity (Wildman–Crippen MR) is 99.3 cm³/mol. The Labute approximate surface area is 157 Å². The standard InChI is InChI=1S/C19H23N3O3S/c1-14-4-5-17(26-14)13-21(7-8-23)19(25)16-9-18(24)22(12-16)11-15-3-2-6-20-10-15/h2-6,10,16,23H,7-9,11-13H2,1H3/t16-/m0/s1. The molecule has 0 radical (unpaired) electrons. The number of likely N-dealkylation sites (tertiary alicyclic amines) is 1. The number of aromatic nitrogens is 1. The third-order valence-electron chi connectivity index (χ3n) is 4.48. The van der Waals surface area contributed by atoms with Gasteiger partial charge in [0.05, 0.1) is 19.1 Å². The normalized spacial score (nSPS) is 16.9. The van der Waals surface area contributed by atoms with Gasteiger partial charge >= 0.3 is 0 Å². The lowest BCUT2D eigenvalue weighted by atomic mass is 10.1. The number of rotatable bonds is 7. The Morgan fingerprint density at radius 3 is 2.92 bits per heavy atom. The van der Waals surface area contributed by atoms with Gasteiger partial charge in [-0.1, -0.05) is 6.07 Å². The van der Waals surface area contributed by atoms with Crippen LogP contribution in [-0.2, 0) is 22.7 Å². The summed E-state index contributed by atoms with van der Waals surface area (Å²) < 4.78 is 0. The molecule has 3 rings (SSSR count). The number of thiophene rings is 1. The average molecular weight is 373 g/mol. The topological polar surface area (TPSA) is 73.7 Å². The molecule has 0 saturated carbocycles. The monoisotopic (exact) mass is 373 g/mol. The number of aliphatic hydroxyl groups is 1. The van der Waals surface area contributed by atoms with Crippen LogP contribution in [0.4, 0.5) is 0 Å². The van der Waals surface area contributed by atoms with Crippen LogP contribution in [0.3, 0.4) is 0 Å². The Balaban J connectivity index is 1.64. The lowest BCUT2D eigenvalue weighted by Crippen LogP contribution is -2.38. The second-order valence-corrected chi connectivity index (χ2v) is 7.90. The summed E-state index contributed by atoms with van der Waals surface area (Å²) in [6.45, 7) is 3.58. The number of hydrogen-bond acceptors (Lipinski definition) is 5. The fraction of sp³-hybridized carbons (Fsp3) is 0.421. The molecule has 0 aliphatic carbocycles. The van der Waals surface area contributed by atoms with Gasteiger partial charge in [0.15, 0.2) is 0 Å². The molecule has 0 spiro atoms. The van der Waals surface area contributed by atoms with Crippen molar-refractivity contribution in [3.05, 3.63) is 52.0 Å². The zero-order chi connectivity index (χ0) is 18.5. The van der Waals surface area contributed by atoms with Crippen molar-refractivity contribution >= 4 is 23.2 Å². The molecular weight excluding hydrogens is 350 g/mol. The first-order chi connectivity index (χ1) is 12.6. The number of pyridine rings is 1. The van der Waals surface area contributed by atoms with E-state index in [2.05, 4.69) is 4.98 Å². The average Bonchev–Trinajstić information content (AvgIpc) is 3.21. The van der Waals surface area contributed by atoms with Gasteiger partial charge in [-0.05, 0) is 30.7 Å². The molecule has 1 aliphatic heterocycles. The summed E-state index contributed by atoms with van der Waals surface area (Å²) >= 11 is 1.64. The van der Waals surface area contributed by atoms with E-state index in [0.717, 1.165) is 10.4 Å². The van der Waals surface area contributed by atoms with E-state index < -0.39 is 0 Å². The number of carbonyl (C=O) groups is 2. The van der Waals surface area contributed by atoms with Gasteiger partial charge in [-0.3, -0.25) is 14.6 Å². The Kier molecular flexibility index (Phi) is 6.00. The van der Waals surface area contributed by atoms with E-state index in [1.54, 1.807) is 33.5 Å². The highest BCUT2D eigenvalue weighted by Gasteiger charge is 2.36. The molecule has 138 valence electrons. The number of aryl methyl sites for hydroxylation is 1. The highest BCUT2D eigenvalue weighted by molar-refractivity contribution is 7.11. The third kappa shape index (κ3) is 4.47. The van der Waals surface area contributed by atoms with Crippen LogP contribution in [0.5, 0.6) is 0 Å². The summed E-state index contributed by atoms with van der Waals surface area (Å²) in [5, 5.41) is 9.34. The van der Waals surface area contributed by atoms with Crippen molar-refractivity contribution < 1.29 is 14.7 Å². The molecule has 1 atom stereocenters. The van der Waals surface area contributed by atoms with Gasteiger partial charge < -0.3 is 14.9 Å². The molecule has 6 nitrogen and oxygen atoms in total. The van der Waals surface area contributed by atoms with E-state index in [-0.39, 0.29) is 37.3 Å². The van der Waals surface area contributed by atoms with Crippen molar-refractivity contribution in [3.8, 4) is 0 Å². The summed E-state index contributed by atoms with van der Waals surface area (Å²) in [5.74, 6) is -0.429. The van der Waals surface area contributed by atoms with Crippen molar-refractivity contribution in [1.82, 2.24) is 14.8 Å². The minimum absolute atomic E-state index is 0.0110. The maximum absolute atomic E-state index is 12.9. The fourth-order valence-corrected chi connectivity index (χ4v) is 4.11. The van der Waals surface area contributed by atoms with E-state index in [1.807, 2.05) is 31.2 Å². The molecule has 0 unspecified atom stereocenters. The number of nitrogens with zero attached hydrogens (tertiary/aromatic N) is 3. The molecule has 3 heterocycles. The molecular formula is C19H23N3O3S. The molecule has 2 aromatic rings. The molecule has 1 saturated heterocycles. The van der Waals surface area contributed by atoms with Crippen LogP contribution in [0.15, 0.2) is 36.7 Å². The summed E-state index contributed by atoms with van der Waals surface area (Å²) in [4.78, 5) is 35.0. The van der Waals surface area contributed by atoms with Crippen LogP contribution >= 0.6 is 11.3 Å².